The molecule has 1 aromatic carbocycles. The number of halogens is 2. The number of nitrogens with one attached hydrogen (secondary N) is 1. The van der Waals surface area contributed by atoms with Crippen molar-refractivity contribution in [2.24, 2.45) is 5.92 Å². The summed E-state index contributed by atoms with van der Waals surface area (Å²) in [6.07, 6.45) is 1.73. The van der Waals surface area contributed by atoms with E-state index < -0.39 is 20.7 Å². The van der Waals surface area contributed by atoms with Gasteiger partial charge in [-0.2, -0.15) is 0 Å². The van der Waals surface area contributed by atoms with Crippen LogP contribution in [0.25, 0.3) is 0 Å². The smallest absolute Gasteiger partial charge is 0.243 e. The van der Waals surface area contributed by atoms with Crippen LogP contribution in [0.1, 0.15) is 26.7 Å². The van der Waals surface area contributed by atoms with Crippen LogP contribution >= 0.6 is 15.9 Å². The Morgan fingerprint density at radius 2 is 1.95 bits per heavy atom. The molecule has 1 rings (SSSR count). The maximum absolute atomic E-state index is 13.7. The van der Waals surface area contributed by atoms with Crippen molar-refractivity contribution < 1.29 is 12.8 Å². The number of nitrogens with two attached hydrogens (primary N) is 1. The molecule has 0 aliphatic rings. The molecule has 0 amide bonds. The minimum absolute atomic E-state index is 0.185. The molecule has 0 fully saturated rings. The minimum Gasteiger partial charge on any atom is -0.398 e. The van der Waals surface area contributed by atoms with Crippen LogP contribution in [0.4, 0.5) is 10.1 Å². The average Bonchev–Trinajstić information content (AvgIpc) is 2.34. The molecule has 0 aliphatic carbocycles. The fourth-order valence-electron chi connectivity index (χ4n) is 1.63. The Labute approximate surface area is 121 Å². The van der Waals surface area contributed by atoms with E-state index in [0.717, 1.165) is 25.0 Å². The van der Waals surface area contributed by atoms with E-state index >= 15 is 0 Å². The van der Waals surface area contributed by atoms with Crippen LogP contribution in [0, 0.1) is 11.7 Å². The fourth-order valence-corrected chi connectivity index (χ4v) is 3.16. The summed E-state index contributed by atoms with van der Waals surface area (Å²) in [5, 5.41) is 0. The predicted octanol–water partition coefficient (Wildman–Crippen LogP) is 2.88. The van der Waals surface area contributed by atoms with E-state index in [-0.39, 0.29) is 11.6 Å². The molecule has 19 heavy (non-hydrogen) atoms. The minimum atomic E-state index is -3.87. The van der Waals surface area contributed by atoms with Crippen molar-refractivity contribution in [3.05, 3.63) is 22.4 Å². The topological polar surface area (TPSA) is 72.2 Å². The highest BCUT2D eigenvalue weighted by atomic mass is 79.9. The van der Waals surface area contributed by atoms with Gasteiger partial charge in [-0.1, -0.05) is 26.7 Å². The molecule has 7 heteroatoms. The van der Waals surface area contributed by atoms with Crippen LogP contribution in [-0.4, -0.2) is 15.0 Å². The summed E-state index contributed by atoms with van der Waals surface area (Å²) in [6.45, 7) is 4.27. The molecule has 0 spiro atoms. The average molecular weight is 353 g/mol. The normalized spacial score (nSPS) is 12.1. The van der Waals surface area contributed by atoms with Crippen LogP contribution in [-0.2, 0) is 10.0 Å². The van der Waals surface area contributed by atoms with Gasteiger partial charge in [-0.15, -0.1) is 0 Å². The van der Waals surface area contributed by atoms with E-state index in [1.165, 1.54) is 0 Å². The molecule has 0 saturated carbocycles. The predicted molar refractivity (Wildman–Crippen MR) is 77.8 cm³/mol. The number of sulfonamides is 1. The molecule has 4 nitrogen and oxygen atoms in total. The first kappa shape index (κ1) is 16.4. The molecule has 1 aromatic rings. The van der Waals surface area contributed by atoms with Crippen molar-refractivity contribution in [2.45, 2.75) is 31.6 Å². The molecule has 0 saturated heterocycles. The van der Waals surface area contributed by atoms with Crippen molar-refractivity contribution in [1.82, 2.24) is 4.72 Å². The van der Waals surface area contributed by atoms with E-state index in [1.54, 1.807) is 0 Å². The summed E-state index contributed by atoms with van der Waals surface area (Å²) in [5.41, 5.74) is 5.77. The van der Waals surface area contributed by atoms with Gasteiger partial charge in [0.05, 0.1) is 0 Å². The third-order valence-corrected chi connectivity index (χ3v) is 5.18. The first-order valence-corrected chi connectivity index (χ1v) is 8.33. The number of anilines is 1. The molecule has 0 aromatic heterocycles. The lowest BCUT2D eigenvalue weighted by molar-refractivity contribution is 0.477. The van der Waals surface area contributed by atoms with E-state index in [9.17, 15) is 12.8 Å². The second-order valence-corrected chi connectivity index (χ2v) is 6.93. The Kier molecular flexibility index (Phi) is 5.76. The molecular formula is C12H18BrFN2O2S. The highest BCUT2D eigenvalue weighted by Crippen LogP contribution is 2.26. The van der Waals surface area contributed by atoms with E-state index in [1.807, 2.05) is 13.8 Å². The van der Waals surface area contributed by atoms with Gasteiger partial charge in [-0.25, -0.2) is 17.5 Å². The molecule has 0 radical (unpaired) electrons. The highest BCUT2D eigenvalue weighted by molar-refractivity contribution is 9.10. The monoisotopic (exact) mass is 352 g/mol. The van der Waals surface area contributed by atoms with Crippen molar-refractivity contribution in [2.75, 3.05) is 12.3 Å². The van der Waals surface area contributed by atoms with E-state index in [2.05, 4.69) is 20.7 Å². The summed E-state index contributed by atoms with van der Waals surface area (Å²) < 4.78 is 40.5. The van der Waals surface area contributed by atoms with Gasteiger partial charge in [0.1, 0.15) is 10.7 Å². The van der Waals surface area contributed by atoms with Gasteiger partial charge in [0, 0.05) is 16.7 Å². The maximum Gasteiger partial charge on any atom is 0.243 e. The molecule has 3 N–H and O–H groups in total. The molecule has 0 bridgehead atoms. The van der Waals surface area contributed by atoms with Gasteiger partial charge >= 0.3 is 0 Å². The SMILES string of the molecule is CCC(CC)CNS(=O)(=O)c1cc(N)c(Br)cc1F. The Bertz CT molecular complexity index is 545. The summed E-state index contributed by atoms with van der Waals surface area (Å²) in [4.78, 5) is -0.417. The van der Waals surface area contributed by atoms with Gasteiger partial charge in [0.25, 0.3) is 0 Å². The van der Waals surface area contributed by atoms with Crippen LogP contribution in [0.3, 0.4) is 0 Å². The Morgan fingerprint density at radius 3 is 2.47 bits per heavy atom. The van der Waals surface area contributed by atoms with Crippen molar-refractivity contribution >= 4 is 31.6 Å². The van der Waals surface area contributed by atoms with Crippen LogP contribution < -0.4 is 10.5 Å². The Balaban J connectivity index is 2.98. The standard InChI is InChI=1S/C12H18BrFN2O2S/c1-3-8(4-2)7-16-19(17,18)12-6-11(15)9(13)5-10(12)14/h5-6,8,16H,3-4,7,15H2,1-2H3. The number of hydrogen-bond acceptors (Lipinski definition) is 3. The van der Waals surface area contributed by atoms with Crippen LogP contribution in [0.2, 0.25) is 0 Å². The second kappa shape index (κ2) is 6.67. The molecule has 0 unspecified atom stereocenters. The van der Waals surface area contributed by atoms with E-state index in [4.69, 9.17) is 5.73 Å². The molecule has 0 aliphatic heterocycles. The lowest BCUT2D eigenvalue weighted by Crippen LogP contribution is -2.29. The van der Waals surface area contributed by atoms with Crippen molar-refractivity contribution in [1.29, 1.82) is 0 Å². The zero-order chi connectivity index (χ0) is 14.6. The summed E-state index contributed by atoms with van der Waals surface area (Å²) in [7, 11) is -3.87. The molecule has 108 valence electrons. The Hall–Kier alpha value is -0.660. The number of benzene rings is 1. The molecule has 0 heterocycles. The van der Waals surface area contributed by atoms with Crippen LogP contribution in [0.15, 0.2) is 21.5 Å². The number of hydrogen-bond donors (Lipinski definition) is 2. The second-order valence-electron chi connectivity index (χ2n) is 4.34. The third-order valence-electron chi connectivity index (χ3n) is 3.06. The maximum atomic E-state index is 13.7. The first-order chi connectivity index (χ1) is 8.81. The van der Waals surface area contributed by atoms with Gasteiger partial charge in [0.15, 0.2) is 0 Å². The highest BCUT2D eigenvalue weighted by Gasteiger charge is 2.21. The lowest BCUT2D eigenvalue weighted by atomic mass is 10.0. The van der Waals surface area contributed by atoms with Crippen molar-refractivity contribution in [3.63, 3.8) is 0 Å². The van der Waals surface area contributed by atoms with Gasteiger partial charge in [-0.3, -0.25) is 0 Å². The summed E-state index contributed by atoms with van der Waals surface area (Å²) >= 11 is 3.05. The summed E-state index contributed by atoms with van der Waals surface area (Å²) in [5.74, 6) is -0.580. The van der Waals surface area contributed by atoms with E-state index in [0.29, 0.717) is 11.0 Å². The van der Waals surface area contributed by atoms with Crippen LogP contribution in [0.5, 0.6) is 0 Å². The zero-order valence-electron chi connectivity index (χ0n) is 10.9. The largest absolute Gasteiger partial charge is 0.398 e. The molecular weight excluding hydrogens is 335 g/mol. The number of rotatable bonds is 6. The Morgan fingerprint density at radius 1 is 1.37 bits per heavy atom. The third kappa shape index (κ3) is 4.15. The summed E-state index contributed by atoms with van der Waals surface area (Å²) in [6, 6.07) is 2.18. The lowest BCUT2D eigenvalue weighted by Gasteiger charge is -2.14. The number of nitrogen functional groups attached to an aromatic ring is 1. The van der Waals surface area contributed by atoms with Crippen molar-refractivity contribution in [3.8, 4) is 0 Å². The zero-order valence-corrected chi connectivity index (χ0v) is 13.3. The van der Waals surface area contributed by atoms with Gasteiger partial charge < -0.3 is 5.73 Å². The van der Waals surface area contributed by atoms with Gasteiger partial charge in [-0.05, 0) is 34.0 Å². The fraction of sp³-hybridized carbons (Fsp3) is 0.500. The first-order valence-electron chi connectivity index (χ1n) is 6.06. The molecule has 0 atom stereocenters. The van der Waals surface area contributed by atoms with Gasteiger partial charge in [0.2, 0.25) is 10.0 Å². The quantitative estimate of drug-likeness (QED) is 0.773.